The molecule has 8 heteroatoms. The number of rotatable bonds is 8. The van der Waals surface area contributed by atoms with Crippen molar-refractivity contribution in [1.29, 1.82) is 0 Å². The molecule has 2 aromatic carbocycles. The molecule has 1 fully saturated rings. The number of aliphatic hydroxyl groups excluding tert-OH is 2. The van der Waals surface area contributed by atoms with Crippen molar-refractivity contribution in [3.8, 4) is 5.75 Å². The lowest BCUT2D eigenvalue weighted by atomic mass is 10.1. The van der Waals surface area contributed by atoms with E-state index in [1.165, 1.54) is 12.1 Å². The molecule has 1 saturated heterocycles. The van der Waals surface area contributed by atoms with Crippen LogP contribution in [-0.2, 0) is 6.61 Å². The number of ether oxygens (including phenoxy) is 1. The second-order valence-corrected chi connectivity index (χ2v) is 9.22. The molecule has 40 heavy (non-hydrogen) atoms. The molecule has 1 aromatic heterocycles. The van der Waals surface area contributed by atoms with Gasteiger partial charge in [0.05, 0.1) is 35.7 Å². The number of hydrogen-bond acceptors (Lipinski definition) is 6. The van der Waals surface area contributed by atoms with Crippen LogP contribution in [0.2, 0.25) is 5.02 Å². The molecule has 1 aliphatic heterocycles. The van der Waals surface area contributed by atoms with Crippen molar-refractivity contribution < 1.29 is 19.3 Å². The summed E-state index contributed by atoms with van der Waals surface area (Å²) in [5.41, 5.74) is 2.39. The van der Waals surface area contributed by atoms with Crippen LogP contribution in [0.4, 0.5) is 10.1 Å². The fourth-order valence-corrected chi connectivity index (χ4v) is 4.36. The maximum Gasteiger partial charge on any atom is 0.123 e. The second kappa shape index (κ2) is 20.2. The van der Waals surface area contributed by atoms with Gasteiger partial charge in [0.15, 0.2) is 0 Å². The summed E-state index contributed by atoms with van der Waals surface area (Å²) in [4.78, 5) is 8.73. The molecular formula is C32H47ClFN3O3. The van der Waals surface area contributed by atoms with E-state index in [0.29, 0.717) is 23.9 Å². The van der Waals surface area contributed by atoms with Crippen LogP contribution in [0.3, 0.4) is 0 Å². The van der Waals surface area contributed by atoms with Crippen molar-refractivity contribution in [3.05, 3.63) is 89.0 Å². The number of aromatic nitrogens is 1. The molecule has 0 aliphatic carbocycles. The number of hydrogen-bond donors (Lipinski definition) is 2. The van der Waals surface area contributed by atoms with E-state index in [1.807, 2.05) is 52.0 Å². The van der Waals surface area contributed by atoms with Gasteiger partial charge in [0.25, 0.3) is 0 Å². The van der Waals surface area contributed by atoms with Gasteiger partial charge in [-0.1, -0.05) is 70.5 Å². The summed E-state index contributed by atoms with van der Waals surface area (Å²) in [7, 11) is 0. The molecule has 1 aliphatic rings. The summed E-state index contributed by atoms with van der Waals surface area (Å²) < 4.78 is 17.6. The van der Waals surface area contributed by atoms with Crippen molar-refractivity contribution in [1.82, 2.24) is 9.88 Å². The molecule has 0 spiro atoms. The number of aliphatic hydroxyl groups is 2. The number of anilines is 1. The molecule has 1 unspecified atom stereocenters. The van der Waals surface area contributed by atoms with Gasteiger partial charge >= 0.3 is 0 Å². The third-order valence-corrected chi connectivity index (χ3v) is 6.27. The van der Waals surface area contributed by atoms with Crippen molar-refractivity contribution in [3.63, 3.8) is 0 Å². The van der Waals surface area contributed by atoms with Crippen LogP contribution in [0.25, 0.3) is 0 Å². The minimum Gasteiger partial charge on any atom is -0.494 e. The fourth-order valence-electron chi connectivity index (χ4n) is 4.08. The highest BCUT2D eigenvalue weighted by Crippen LogP contribution is 2.32. The van der Waals surface area contributed by atoms with Crippen LogP contribution in [-0.4, -0.2) is 58.9 Å². The lowest BCUT2D eigenvalue weighted by Crippen LogP contribution is -2.52. The monoisotopic (exact) mass is 575 g/mol. The lowest BCUT2D eigenvalue weighted by molar-refractivity contribution is 0.102. The van der Waals surface area contributed by atoms with Gasteiger partial charge in [-0.25, -0.2) is 4.39 Å². The van der Waals surface area contributed by atoms with Gasteiger partial charge in [-0.15, -0.1) is 0 Å². The Hall–Kier alpha value is -2.71. The van der Waals surface area contributed by atoms with E-state index in [2.05, 4.69) is 28.6 Å². The third kappa shape index (κ3) is 11.8. The summed E-state index contributed by atoms with van der Waals surface area (Å²) in [5.74, 6) is 0.623. The summed E-state index contributed by atoms with van der Waals surface area (Å²) >= 11 is 6.53. The summed E-state index contributed by atoms with van der Waals surface area (Å²) in [5, 5.41) is 20.4. The Bertz CT molecular complexity index is 1060. The van der Waals surface area contributed by atoms with Crippen LogP contribution in [0.5, 0.6) is 5.75 Å². The number of β-amino-alcohol motifs (C(OH)–C–C–N with tert-alkyl or cyclic N) is 1. The molecule has 0 radical (unpaired) electrons. The van der Waals surface area contributed by atoms with E-state index >= 15 is 0 Å². The Morgan fingerprint density at radius 1 is 1.05 bits per heavy atom. The minimum absolute atomic E-state index is 0.0931. The molecule has 2 atom stereocenters. The topological polar surface area (TPSA) is 69.1 Å². The predicted octanol–water partition coefficient (Wildman–Crippen LogP) is 7.14. The highest BCUT2D eigenvalue weighted by molar-refractivity contribution is 6.33. The Morgan fingerprint density at radius 2 is 1.75 bits per heavy atom. The zero-order valence-electron chi connectivity index (χ0n) is 24.9. The van der Waals surface area contributed by atoms with E-state index in [-0.39, 0.29) is 18.5 Å². The van der Waals surface area contributed by atoms with Gasteiger partial charge < -0.3 is 19.8 Å². The van der Waals surface area contributed by atoms with E-state index in [9.17, 15) is 9.50 Å². The number of halogens is 2. The Balaban J connectivity index is 0.000000617. The number of piperazine rings is 1. The Labute approximate surface area is 245 Å². The highest BCUT2D eigenvalue weighted by Gasteiger charge is 2.27. The van der Waals surface area contributed by atoms with Crippen LogP contribution < -0.4 is 9.64 Å². The normalized spacial score (nSPS) is 15.3. The zero-order chi connectivity index (χ0) is 29.9. The lowest BCUT2D eigenvalue weighted by Gasteiger charge is -2.42. The van der Waals surface area contributed by atoms with Crippen molar-refractivity contribution >= 4 is 17.3 Å². The maximum absolute atomic E-state index is 11.9. The van der Waals surface area contributed by atoms with E-state index < -0.39 is 6.10 Å². The zero-order valence-corrected chi connectivity index (χ0v) is 25.6. The SMILES string of the molecule is CC.CC.CCCOc1ccc(N2CCN(CC(O)c3ccc(CO)nc3)C[C@H]2C)c(Cl)c1.Fc1ccccc1. The van der Waals surface area contributed by atoms with Crippen LogP contribution in [0.1, 0.15) is 65.3 Å². The molecule has 0 saturated carbocycles. The first-order valence-corrected chi connectivity index (χ1v) is 14.6. The van der Waals surface area contributed by atoms with Gasteiger partial charge in [-0.05, 0) is 43.7 Å². The maximum atomic E-state index is 11.9. The van der Waals surface area contributed by atoms with E-state index in [4.69, 9.17) is 21.4 Å². The van der Waals surface area contributed by atoms with Crippen LogP contribution >= 0.6 is 11.6 Å². The molecular weight excluding hydrogens is 529 g/mol. The number of nitrogens with zero attached hydrogens (tertiary/aromatic N) is 3. The number of benzene rings is 2. The molecule has 222 valence electrons. The van der Waals surface area contributed by atoms with Gasteiger partial charge in [0, 0.05) is 50.0 Å². The summed E-state index contributed by atoms with van der Waals surface area (Å²) in [6, 6.07) is 17.7. The summed E-state index contributed by atoms with van der Waals surface area (Å²) in [6.45, 7) is 15.9. The van der Waals surface area contributed by atoms with E-state index in [1.54, 1.807) is 30.5 Å². The minimum atomic E-state index is -0.604. The summed E-state index contributed by atoms with van der Waals surface area (Å²) in [6.07, 6.45) is 2.00. The molecule has 2 heterocycles. The first kappa shape index (κ1) is 35.3. The smallest absolute Gasteiger partial charge is 0.123 e. The van der Waals surface area contributed by atoms with Gasteiger partial charge in [-0.2, -0.15) is 0 Å². The average molecular weight is 576 g/mol. The van der Waals surface area contributed by atoms with Gasteiger partial charge in [-0.3, -0.25) is 9.88 Å². The third-order valence-electron chi connectivity index (χ3n) is 5.97. The van der Waals surface area contributed by atoms with Gasteiger partial charge in [0.2, 0.25) is 0 Å². The highest BCUT2D eigenvalue weighted by atomic mass is 35.5. The molecule has 2 N–H and O–H groups in total. The molecule has 3 aromatic rings. The molecule has 0 bridgehead atoms. The standard InChI is InChI=1S/C22H30ClN3O3.C6H5F.2C2H6/c1-3-10-29-19-6-7-21(20(23)11-19)26-9-8-25(13-16(26)2)14-22(28)17-4-5-18(15-27)24-12-17;7-6-4-2-1-3-5-6;2*1-2/h4-7,11-12,16,22,27-28H,3,8-10,13-15H2,1-2H3;1-5H;2*1-2H3/t16-,22?;;;/m1.../s1. The number of pyridine rings is 1. The Morgan fingerprint density at radius 3 is 2.25 bits per heavy atom. The first-order chi connectivity index (χ1) is 19.4. The quantitative estimate of drug-likeness (QED) is 0.297. The predicted molar refractivity (Wildman–Crippen MR) is 165 cm³/mol. The molecule has 4 rings (SSSR count). The van der Waals surface area contributed by atoms with Gasteiger partial charge in [0.1, 0.15) is 11.6 Å². The molecule has 6 nitrogen and oxygen atoms in total. The average Bonchev–Trinajstić information content (AvgIpc) is 2.99. The molecule has 0 amide bonds. The fraction of sp³-hybridized carbons (Fsp3) is 0.469. The van der Waals surface area contributed by atoms with E-state index in [0.717, 1.165) is 43.1 Å². The van der Waals surface area contributed by atoms with Crippen molar-refractivity contribution in [2.45, 2.75) is 66.7 Å². The first-order valence-electron chi connectivity index (χ1n) is 14.3. The van der Waals surface area contributed by atoms with Crippen LogP contribution in [0, 0.1) is 5.82 Å². The van der Waals surface area contributed by atoms with Crippen molar-refractivity contribution in [2.24, 2.45) is 0 Å². The largest absolute Gasteiger partial charge is 0.494 e. The van der Waals surface area contributed by atoms with Crippen LogP contribution in [0.15, 0.2) is 66.9 Å². The second-order valence-electron chi connectivity index (χ2n) is 8.82. The van der Waals surface area contributed by atoms with Crippen molar-refractivity contribution in [2.75, 3.05) is 37.7 Å². The Kier molecular flexibility index (Phi) is 17.8.